The number of para-hydroxylation sites is 1. The summed E-state index contributed by atoms with van der Waals surface area (Å²) in [6.45, 7) is 5.46. The third-order valence-electron chi connectivity index (χ3n) is 2.82. The monoisotopic (exact) mass is 258 g/mol. The number of rotatable bonds is 3. The maximum Gasteiger partial charge on any atom is 0.339 e. The highest BCUT2D eigenvalue weighted by Crippen LogP contribution is 2.28. The highest BCUT2D eigenvalue weighted by molar-refractivity contribution is 5.91. The van der Waals surface area contributed by atoms with Crippen LogP contribution in [0.1, 0.15) is 27.3 Å². The van der Waals surface area contributed by atoms with Gasteiger partial charge in [-0.05, 0) is 32.4 Å². The maximum absolute atomic E-state index is 11.2. The molecule has 1 heterocycles. The van der Waals surface area contributed by atoms with E-state index in [0.29, 0.717) is 11.6 Å². The molecule has 0 radical (unpaired) electrons. The van der Waals surface area contributed by atoms with E-state index in [9.17, 15) is 4.79 Å². The summed E-state index contributed by atoms with van der Waals surface area (Å²) >= 11 is 0. The van der Waals surface area contributed by atoms with Crippen molar-refractivity contribution < 1.29 is 14.6 Å². The minimum Gasteiger partial charge on any atom is -0.478 e. The Morgan fingerprint density at radius 1 is 1.21 bits per heavy atom. The average Bonchev–Trinajstić information content (AvgIpc) is 2.36. The molecule has 0 spiro atoms. The minimum absolute atomic E-state index is 0.111. The van der Waals surface area contributed by atoms with Gasteiger partial charge in [-0.1, -0.05) is 12.1 Å². The lowest BCUT2D eigenvalue weighted by Gasteiger charge is -2.11. The van der Waals surface area contributed by atoms with Crippen LogP contribution in [-0.2, 0) is 0 Å². The second-order valence-corrected chi connectivity index (χ2v) is 4.24. The van der Waals surface area contributed by atoms with Crippen molar-refractivity contribution >= 4 is 5.97 Å². The van der Waals surface area contributed by atoms with Crippen LogP contribution in [-0.4, -0.2) is 21.0 Å². The number of hydrogen-bond acceptors (Lipinski definition) is 4. The molecule has 1 N–H and O–H groups in total. The summed E-state index contributed by atoms with van der Waals surface area (Å²) in [6, 6.07) is 4.97. The minimum atomic E-state index is -1.03. The normalized spacial score (nSPS) is 10.3. The van der Waals surface area contributed by atoms with E-state index in [4.69, 9.17) is 9.84 Å². The van der Waals surface area contributed by atoms with Gasteiger partial charge >= 0.3 is 5.97 Å². The van der Waals surface area contributed by atoms with Gasteiger partial charge in [-0.2, -0.15) is 0 Å². The lowest BCUT2D eigenvalue weighted by molar-refractivity contribution is 0.0694. The summed E-state index contributed by atoms with van der Waals surface area (Å²) in [6.07, 6.45) is 1.49. The number of nitrogens with zero attached hydrogens (tertiary/aromatic N) is 2. The molecule has 0 aliphatic rings. The van der Waals surface area contributed by atoms with E-state index in [2.05, 4.69) is 9.97 Å². The smallest absolute Gasteiger partial charge is 0.339 e. The number of carbonyl (C=O) groups is 1. The first-order valence-electron chi connectivity index (χ1n) is 5.80. The predicted molar refractivity (Wildman–Crippen MR) is 69.7 cm³/mol. The van der Waals surface area contributed by atoms with Gasteiger partial charge in [-0.3, -0.25) is 4.98 Å². The molecule has 5 nitrogen and oxygen atoms in total. The highest BCUT2D eigenvalue weighted by Gasteiger charge is 2.15. The number of ether oxygens (including phenoxy) is 1. The molecular weight excluding hydrogens is 244 g/mol. The first-order valence-corrected chi connectivity index (χ1v) is 5.80. The topological polar surface area (TPSA) is 72.3 Å². The van der Waals surface area contributed by atoms with Crippen LogP contribution >= 0.6 is 0 Å². The molecule has 0 bridgehead atoms. The van der Waals surface area contributed by atoms with Crippen molar-refractivity contribution in [2.24, 2.45) is 0 Å². The van der Waals surface area contributed by atoms with Crippen molar-refractivity contribution in [2.75, 3.05) is 0 Å². The molecule has 1 aromatic heterocycles. The molecule has 0 aliphatic heterocycles. The number of aryl methyl sites for hydroxylation is 3. The fourth-order valence-electron chi connectivity index (χ4n) is 1.63. The number of carboxylic acid groups (broad SMARTS) is 1. The second kappa shape index (κ2) is 5.06. The van der Waals surface area contributed by atoms with Gasteiger partial charge in [0.2, 0.25) is 5.88 Å². The number of aromatic carboxylic acids is 1. The standard InChI is InChI=1S/C14H14N2O3/c1-8-5-4-6-11(14(17)18)13(8)19-12-7-15-9(2)10(3)16-12/h4-7H,1-3H3,(H,17,18). The Balaban J connectivity index is 2.42. The molecule has 0 saturated heterocycles. The molecule has 5 heteroatoms. The van der Waals surface area contributed by atoms with Crippen LogP contribution in [0.15, 0.2) is 24.4 Å². The van der Waals surface area contributed by atoms with Crippen molar-refractivity contribution in [3.63, 3.8) is 0 Å². The van der Waals surface area contributed by atoms with Crippen molar-refractivity contribution in [3.05, 3.63) is 46.9 Å². The number of aromatic nitrogens is 2. The van der Waals surface area contributed by atoms with Crippen LogP contribution in [0.4, 0.5) is 0 Å². The largest absolute Gasteiger partial charge is 0.478 e. The van der Waals surface area contributed by atoms with E-state index >= 15 is 0 Å². The van der Waals surface area contributed by atoms with Crippen molar-refractivity contribution in [3.8, 4) is 11.6 Å². The fourth-order valence-corrected chi connectivity index (χ4v) is 1.63. The average molecular weight is 258 g/mol. The van der Waals surface area contributed by atoms with Gasteiger partial charge in [-0.25, -0.2) is 9.78 Å². The van der Waals surface area contributed by atoms with Crippen LogP contribution < -0.4 is 4.74 Å². The first-order chi connectivity index (χ1) is 8.99. The van der Waals surface area contributed by atoms with Gasteiger partial charge < -0.3 is 9.84 Å². The Labute approximate surface area is 110 Å². The van der Waals surface area contributed by atoms with E-state index in [0.717, 1.165) is 17.0 Å². The molecule has 0 amide bonds. The van der Waals surface area contributed by atoms with Gasteiger partial charge in [0.1, 0.15) is 11.3 Å². The number of benzene rings is 1. The van der Waals surface area contributed by atoms with Crippen LogP contribution in [0.2, 0.25) is 0 Å². The molecule has 19 heavy (non-hydrogen) atoms. The zero-order chi connectivity index (χ0) is 14.0. The molecule has 1 aromatic carbocycles. The van der Waals surface area contributed by atoms with Crippen molar-refractivity contribution in [1.29, 1.82) is 0 Å². The molecule has 0 aliphatic carbocycles. The number of hydrogen-bond donors (Lipinski definition) is 1. The summed E-state index contributed by atoms with van der Waals surface area (Å²) in [4.78, 5) is 19.5. The Hall–Kier alpha value is -2.43. The zero-order valence-corrected chi connectivity index (χ0v) is 11.0. The van der Waals surface area contributed by atoms with Crippen LogP contribution in [0, 0.1) is 20.8 Å². The lowest BCUT2D eigenvalue weighted by atomic mass is 10.1. The molecule has 0 fully saturated rings. The molecule has 0 saturated carbocycles. The van der Waals surface area contributed by atoms with E-state index in [1.165, 1.54) is 12.3 Å². The van der Waals surface area contributed by atoms with Crippen LogP contribution in [0.5, 0.6) is 11.6 Å². The fraction of sp³-hybridized carbons (Fsp3) is 0.214. The van der Waals surface area contributed by atoms with Crippen molar-refractivity contribution in [1.82, 2.24) is 9.97 Å². The van der Waals surface area contributed by atoms with Gasteiger partial charge in [0.25, 0.3) is 0 Å². The lowest BCUT2D eigenvalue weighted by Crippen LogP contribution is -2.03. The predicted octanol–water partition coefficient (Wildman–Crippen LogP) is 2.89. The summed E-state index contributed by atoms with van der Waals surface area (Å²) in [5, 5.41) is 9.15. The van der Waals surface area contributed by atoms with E-state index in [1.54, 1.807) is 19.1 Å². The van der Waals surface area contributed by atoms with E-state index in [1.807, 2.05) is 13.8 Å². The molecule has 2 aromatic rings. The Kier molecular flexibility index (Phi) is 3.46. The van der Waals surface area contributed by atoms with Gasteiger partial charge in [0.05, 0.1) is 17.6 Å². The molecular formula is C14H14N2O3. The molecule has 0 atom stereocenters. The van der Waals surface area contributed by atoms with Crippen LogP contribution in [0.3, 0.4) is 0 Å². The van der Waals surface area contributed by atoms with Crippen LogP contribution in [0.25, 0.3) is 0 Å². The summed E-state index contributed by atoms with van der Waals surface area (Å²) in [7, 11) is 0. The zero-order valence-electron chi connectivity index (χ0n) is 11.0. The third kappa shape index (κ3) is 2.70. The first kappa shape index (κ1) is 13.0. The SMILES string of the molecule is Cc1cccc(C(=O)O)c1Oc1cnc(C)c(C)n1. The summed E-state index contributed by atoms with van der Waals surface area (Å²) in [5.74, 6) is -0.442. The van der Waals surface area contributed by atoms with Gasteiger partial charge in [0.15, 0.2) is 0 Å². The third-order valence-corrected chi connectivity index (χ3v) is 2.82. The Morgan fingerprint density at radius 2 is 1.95 bits per heavy atom. The molecule has 2 rings (SSSR count). The van der Waals surface area contributed by atoms with E-state index < -0.39 is 5.97 Å². The van der Waals surface area contributed by atoms with Crippen molar-refractivity contribution in [2.45, 2.75) is 20.8 Å². The second-order valence-electron chi connectivity index (χ2n) is 4.24. The quantitative estimate of drug-likeness (QED) is 0.916. The summed E-state index contributed by atoms with van der Waals surface area (Å²) < 4.78 is 5.58. The molecule has 0 unspecified atom stereocenters. The maximum atomic E-state index is 11.2. The van der Waals surface area contributed by atoms with Gasteiger partial charge in [-0.15, -0.1) is 0 Å². The summed E-state index contributed by atoms with van der Waals surface area (Å²) in [5.41, 5.74) is 2.42. The Bertz CT molecular complexity index is 639. The van der Waals surface area contributed by atoms with E-state index in [-0.39, 0.29) is 5.56 Å². The Morgan fingerprint density at radius 3 is 2.58 bits per heavy atom. The number of carboxylic acids is 1. The van der Waals surface area contributed by atoms with Gasteiger partial charge in [0, 0.05) is 0 Å². The highest BCUT2D eigenvalue weighted by atomic mass is 16.5. The molecule has 98 valence electrons.